The predicted octanol–water partition coefficient (Wildman–Crippen LogP) is 4.73. The summed E-state index contributed by atoms with van der Waals surface area (Å²) in [5.41, 5.74) is 3.51. The second-order valence-corrected chi connectivity index (χ2v) is 7.92. The zero-order chi connectivity index (χ0) is 21.3. The molecule has 1 unspecified atom stereocenters. The maximum atomic E-state index is 12.9. The molecule has 0 saturated heterocycles. The lowest BCUT2D eigenvalue weighted by atomic mass is 10.1. The van der Waals surface area contributed by atoms with Gasteiger partial charge in [-0.2, -0.15) is 0 Å². The molecule has 7 nitrogen and oxygen atoms in total. The molecule has 4 rings (SSSR count). The van der Waals surface area contributed by atoms with Crippen molar-refractivity contribution in [1.29, 1.82) is 0 Å². The Bertz CT molecular complexity index is 1220. The summed E-state index contributed by atoms with van der Waals surface area (Å²) >= 11 is 1.50. The topological polar surface area (TPSA) is 80.8 Å². The second kappa shape index (κ2) is 8.08. The highest BCUT2D eigenvalue weighted by atomic mass is 32.1. The van der Waals surface area contributed by atoms with Gasteiger partial charge in [0.25, 0.3) is 5.69 Å². The lowest BCUT2D eigenvalue weighted by Crippen LogP contribution is -2.31. The number of fused-ring (bicyclic) bond motifs is 1. The van der Waals surface area contributed by atoms with Crippen LogP contribution in [0.2, 0.25) is 0 Å². The number of thiazole rings is 1. The van der Waals surface area contributed by atoms with Crippen LogP contribution in [0.5, 0.6) is 0 Å². The average Bonchev–Trinajstić information content (AvgIpc) is 3.35. The first kappa shape index (κ1) is 19.8. The van der Waals surface area contributed by atoms with Crippen molar-refractivity contribution in [2.75, 3.05) is 7.05 Å². The quantitative estimate of drug-likeness (QED) is 0.333. The number of hydrogen-bond acceptors (Lipinski definition) is 5. The largest absolute Gasteiger partial charge is 0.339 e. The van der Waals surface area contributed by atoms with E-state index in [0.29, 0.717) is 0 Å². The number of nitrogens with zero attached hydrogens (tertiary/aromatic N) is 4. The molecule has 0 radical (unpaired) electrons. The number of aromatic nitrogens is 2. The van der Waals surface area contributed by atoms with Crippen LogP contribution in [-0.2, 0) is 11.2 Å². The summed E-state index contributed by atoms with van der Waals surface area (Å²) in [5, 5.41) is 13.0. The van der Waals surface area contributed by atoms with Crippen molar-refractivity contribution in [2.45, 2.75) is 19.4 Å². The molecular weight excluding hydrogens is 400 g/mol. The molecule has 0 fully saturated rings. The fraction of sp³-hybridized carbons (Fsp3) is 0.182. The lowest BCUT2D eigenvalue weighted by Gasteiger charge is -2.25. The van der Waals surface area contributed by atoms with Crippen molar-refractivity contribution in [3.05, 3.63) is 87.5 Å². The van der Waals surface area contributed by atoms with Crippen LogP contribution in [0.25, 0.3) is 16.2 Å². The molecule has 0 spiro atoms. The highest BCUT2D eigenvalue weighted by molar-refractivity contribution is 7.15. The van der Waals surface area contributed by atoms with Crippen molar-refractivity contribution >= 4 is 27.9 Å². The van der Waals surface area contributed by atoms with Crippen molar-refractivity contribution in [3.8, 4) is 11.3 Å². The fourth-order valence-electron chi connectivity index (χ4n) is 3.32. The maximum absolute atomic E-state index is 12.9. The number of hydrogen-bond donors (Lipinski definition) is 0. The molecule has 2 aromatic heterocycles. The molecule has 4 aromatic rings. The molecule has 30 heavy (non-hydrogen) atoms. The Morgan fingerprint density at radius 3 is 2.73 bits per heavy atom. The first-order valence-electron chi connectivity index (χ1n) is 9.45. The van der Waals surface area contributed by atoms with Crippen LogP contribution in [0.1, 0.15) is 24.2 Å². The monoisotopic (exact) mass is 420 g/mol. The van der Waals surface area contributed by atoms with Gasteiger partial charge in [0.2, 0.25) is 5.91 Å². The molecule has 0 aliphatic heterocycles. The molecule has 2 heterocycles. The molecule has 1 atom stereocenters. The van der Waals surface area contributed by atoms with Gasteiger partial charge in [-0.1, -0.05) is 42.5 Å². The number of benzene rings is 2. The minimum Gasteiger partial charge on any atom is -0.339 e. The van der Waals surface area contributed by atoms with Crippen LogP contribution in [0.15, 0.2) is 66.2 Å². The SMILES string of the molecule is CC(c1cccc([N+](=O)[O-])c1)N(C)C(=O)Cc1csc2nc(-c3ccccc3)cn12. The molecule has 8 heteroatoms. The van der Waals surface area contributed by atoms with E-state index >= 15 is 0 Å². The van der Waals surface area contributed by atoms with Crippen molar-refractivity contribution < 1.29 is 9.72 Å². The number of likely N-dealkylation sites (N-methyl/N-ethyl adjacent to an activating group) is 1. The number of rotatable bonds is 6. The van der Waals surface area contributed by atoms with Crippen LogP contribution in [0, 0.1) is 10.1 Å². The van der Waals surface area contributed by atoms with Crippen LogP contribution >= 0.6 is 11.3 Å². The average molecular weight is 420 g/mol. The Kier molecular flexibility index (Phi) is 5.33. The molecule has 152 valence electrons. The minimum atomic E-state index is -0.427. The molecule has 0 N–H and O–H groups in total. The van der Waals surface area contributed by atoms with Gasteiger partial charge in [0.1, 0.15) is 0 Å². The third-order valence-electron chi connectivity index (χ3n) is 5.22. The van der Waals surface area contributed by atoms with Gasteiger partial charge < -0.3 is 4.90 Å². The predicted molar refractivity (Wildman–Crippen MR) is 116 cm³/mol. The molecular formula is C22H20N4O3S. The Hall–Kier alpha value is -3.52. The van der Waals surface area contributed by atoms with E-state index in [9.17, 15) is 14.9 Å². The number of amides is 1. The number of non-ortho nitro benzene ring substituents is 1. The second-order valence-electron chi connectivity index (χ2n) is 7.08. The summed E-state index contributed by atoms with van der Waals surface area (Å²) in [5.74, 6) is -0.0660. The Balaban J connectivity index is 1.53. The van der Waals surface area contributed by atoms with E-state index < -0.39 is 4.92 Å². The number of carbonyl (C=O) groups is 1. The Labute approximate surface area is 177 Å². The van der Waals surface area contributed by atoms with Gasteiger partial charge >= 0.3 is 0 Å². The van der Waals surface area contributed by atoms with Gasteiger partial charge in [-0.25, -0.2) is 4.98 Å². The summed E-state index contributed by atoms with van der Waals surface area (Å²) in [6.45, 7) is 1.87. The summed E-state index contributed by atoms with van der Waals surface area (Å²) < 4.78 is 1.96. The summed E-state index contributed by atoms with van der Waals surface area (Å²) in [7, 11) is 1.72. The first-order valence-corrected chi connectivity index (χ1v) is 10.3. The summed E-state index contributed by atoms with van der Waals surface area (Å²) in [6.07, 6.45) is 2.17. The molecule has 0 aliphatic carbocycles. The third kappa shape index (κ3) is 3.81. The highest BCUT2D eigenvalue weighted by Gasteiger charge is 2.21. The molecule has 0 aliphatic rings. The van der Waals surface area contributed by atoms with E-state index in [1.807, 2.05) is 53.2 Å². The summed E-state index contributed by atoms with van der Waals surface area (Å²) in [6, 6.07) is 16.0. The number of carbonyl (C=O) groups excluding carboxylic acids is 1. The molecule has 2 aromatic carbocycles. The van der Waals surface area contributed by atoms with Gasteiger partial charge in [-0.15, -0.1) is 11.3 Å². The number of imidazole rings is 1. The zero-order valence-corrected chi connectivity index (χ0v) is 17.4. The van der Waals surface area contributed by atoms with Crippen LogP contribution in [0.3, 0.4) is 0 Å². The van der Waals surface area contributed by atoms with Gasteiger partial charge in [0.15, 0.2) is 4.96 Å². The number of nitro benzene ring substituents is 1. The van der Waals surface area contributed by atoms with E-state index in [4.69, 9.17) is 0 Å². The zero-order valence-electron chi connectivity index (χ0n) is 16.6. The van der Waals surface area contributed by atoms with Crippen LogP contribution < -0.4 is 0 Å². The maximum Gasteiger partial charge on any atom is 0.269 e. The van der Waals surface area contributed by atoms with E-state index in [1.165, 1.54) is 23.5 Å². The molecule has 1 amide bonds. The van der Waals surface area contributed by atoms with Crippen LogP contribution in [0.4, 0.5) is 5.69 Å². The van der Waals surface area contributed by atoms with E-state index in [1.54, 1.807) is 24.1 Å². The smallest absolute Gasteiger partial charge is 0.269 e. The highest BCUT2D eigenvalue weighted by Crippen LogP contribution is 2.26. The van der Waals surface area contributed by atoms with Gasteiger partial charge in [0, 0.05) is 42.0 Å². The number of nitro groups is 1. The lowest BCUT2D eigenvalue weighted by molar-refractivity contribution is -0.384. The van der Waals surface area contributed by atoms with Crippen molar-refractivity contribution in [2.24, 2.45) is 0 Å². The van der Waals surface area contributed by atoms with Gasteiger partial charge in [0.05, 0.1) is 23.1 Å². The molecule has 0 bridgehead atoms. The fourth-order valence-corrected chi connectivity index (χ4v) is 4.19. The summed E-state index contributed by atoms with van der Waals surface area (Å²) in [4.78, 5) is 30.7. The first-order chi connectivity index (χ1) is 14.4. The van der Waals surface area contributed by atoms with Gasteiger partial charge in [-0.3, -0.25) is 19.3 Å². The van der Waals surface area contributed by atoms with Crippen molar-refractivity contribution in [3.63, 3.8) is 0 Å². The van der Waals surface area contributed by atoms with Crippen LogP contribution in [-0.4, -0.2) is 32.2 Å². The Morgan fingerprint density at radius 2 is 2.00 bits per heavy atom. The van der Waals surface area contributed by atoms with E-state index in [2.05, 4.69) is 4.98 Å². The normalized spacial score (nSPS) is 12.1. The van der Waals surface area contributed by atoms with E-state index in [0.717, 1.165) is 27.5 Å². The Morgan fingerprint density at radius 1 is 1.23 bits per heavy atom. The third-order valence-corrected chi connectivity index (χ3v) is 6.11. The van der Waals surface area contributed by atoms with Crippen molar-refractivity contribution in [1.82, 2.24) is 14.3 Å². The van der Waals surface area contributed by atoms with Gasteiger partial charge in [-0.05, 0) is 12.5 Å². The minimum absolute atomic E-state index is 0.0200. The van der Waals surface area contributed by atoms with E-state index in [-0.39, 0.29) is 24.1 Å². The molecule has 0 saturated carbocycles. The standard InChI is InChI=1S/C22H20N4O3S/c1-15(17-9-6-10-18(11-17)26(28)29)24(2)21(27)12-19-14-30-22-23-20(13-25(19)22)16-7-4-3-5-8-16/h3-11,13-15H,12H2,1-2H3.